The molecule has 0 aliphatic rings. The molecule has 0 radical (unpaired) electrons. The Bertz CT molecular complexity index is 661. The number of rotatable bonds is 8. The van der Waals surface area contributed by atoms with Crippen LogP contribution in [0.25, 0.3) is 0 Å². The molecule has 0 saturated heterocycles. The van der Waals surface area contributed by atoms with Crippen LogP contribution < -0.4 is 10.6 Å². The smallest absolute Gasteiger partial charge is 0.191 e. The topological polar surface area (TPSA) is 79.8 Å². The third kappa shape index (κ3) is 9.41. The van der Waals surface area contributed by atoms with Gasteiger partial charge in [0.05, 0.1) is 11.0 Å². The number of hydrogen-bond acceptors (Lipinski definition) is 4. The Morgan fingerprint density at radius 1 is 1.28 bits per heavy atom. The third-order valence-electron chi connectivity index (χ3n) is 3.39. The van der Waals surface area contributed by atoms with Gasteiger partial charge >= 0.3 is 0 Å². The molecule has 25 heavy (non-hydrogen) atoms. The van der Waals surface area contributed by atoms with Crippen LogP contribution in [-0.2, 0) is 21.1 Å². The molecule has 6 nitrogen and oxygen atoms in total. The summed E-state index contributed by atoms with van der Waals surface area (Å²) in [5, 5.41) is 6.45. The van der Waals surface area contributed by atoms with Crippen LogP contribution in [0.15, 0.2) is 28.1 Å². The van der Waals surface area contributed by atoms with Gasteiger partial charge in [0.15, 0.2) is 15.8 Å². The number of nitrogens with zero attached hydrogens (tertiary/aromatic N) is 1. The molecule has 0 bridgehead atoms. The molecule has 144 valence electrons. The van der Waals surface area contributed by atoms with Gasteiger partial charge in [-0.25, -0.2) is 8.42 Å². The zero-order valence-corrected chi connectivity index (χ0v) is 18.8. The molecule has 0 atom stereocenters. The van der Waals surface area contributed by atoms with Gasteiger partial charge in [-0.2, -0.15) is 0 Å². The maximum atomic E-state index is 11.6. The zero-order valence-electron chi connectivity index (χ0n) is 15.6. The SMILES string of the molecule is CN=C(NCCCOC(C)C)NCc1ccc(S(C)(=O)=O)c(C)c1.I. The quantitative estimate of drug-likeness (QED) is 0.257. The van der Waals surface area contributed by atoms with Crippen LogP contribution in [0.2, 0.25) is 0 Å². The number of benzene rings is 1. The minimum atomic E-state index is -3.18. The average Bonchev–Trinajstić information content (AvgIpc) is 2.48. The van der Waals surface area contributed by atoms with E-state index in [4.69, 9.17) is 4.74 Å². The average molecular weight is 483 g/mol. The third-order valence-corrected chi connectivity index (χ3v) is 4.64. The van der Waals surface area contributed by atoms with Crippen molar-refractivity contribution in [2.75, 3.05) is 26.5 Å². The van der Waals surface area contributed by atoms with Crippen molar-refractivity contribution in [1.82, 2.24) is 10.6 Å². The predicted molar refractivity (Wildman–Crippen MR) is 114 cm³/mol. The molecule has 1 rings (SSSR count). The Kier molecular flexibility index (Phi) is 11.3. The van der Waals surface area contributed by atoms with E-state index in [1.165, 1.54) is 6.26 Å². The van der Waals surface area contributed by atoms with Gasteiger partial charge in [-0.15, -0.1) is 24.0 Å². The Morgan fingerprint density at radius 2 is 1.96 bits per heavy atom. The lowest BCUT2D eigenvalue weighted by atomic mass is 10.1. The molecule has 0 heterocycles. The predicted octanol–water partition coefficient (Wildman–Crippen LogP) is 2.50. The fourth-order valence-corrected chi connectivity index (χ4v) is 3.20. The van der Waals surface area contributed by atoms with Gasteiger partial charge < -0.3 is 15.4 Å². The number of aryl methyl sites for hydroxylation is 1. The minimum absolute atomic E-state index is 0. The molecule has 1 aromatic rings. The number of aliphatic imine (C=N–C) groups is 1. The van der Waals surface area contributed by atoms with E-state index in [2.05, 4.69) is 15.6 Å². The summed E-state index contributed by atoms with van der Waals surface area (Å²) < 4.78 is 28.8. The fourth-order valence-electron chi connectivity index (χ4n) is 2.24. The van der Waals surface area contributed by atoms with Crippen molar-refractivity contribution in [1.29, 1.82) is 0 Å². The van der Waals surface area contributed by atoms with E-state index in [0.29, 0.717) is 24.0 Å². The summed E-state index contributed by atoms with van der Waals surface area (Å²) >= 11 is 0. The van der Waals surface area contributed by atoms with Crippen LogP contribution in [0.5, 0.6) is 0 Å². The summed E-state index contributed by atoms with van der Waals surface area (Å²) in [6, 6.07) is 5.36. The molecular formula is C17H30IN3O3S. The first kappa shape index (κ1) is 24.1. The lowest BCUT2D eigenvalue weighted by Gasteiger charge is -2.13. The maximum absolute atomic E-state index is 11.6. The van der Waals surface area contributed by atoms with Crippen LogP contribution >= 0.6 is 24.0 Å². The molecular weight excluding hydrogens is 453 g/mol. The number of sulfone groups is 1. The number of ether oxygens (including phenoxy) is 1. The van der Waals surface area contributed by atoms with E-state index in [1.807, 2.05) is 32.9 Å². The molecule has 0 unspecified atom stereocenters. The number of nitrogens with one attached hydrogen (secondary N) is 2. The highest BCUT2D eigenvalue weighted by molar-refractivity contribution is 14.0. The van der Waals surface area contributed by atoms with E-state index in [9.17, 15) is 8.42 Å². The van der Waals surface area contributed by atoms with E-state index in [-0.39, 0.29) is 30.1 Å². The van der Waals surface area contributed by atoms with Crippen LogP contribution in [0.4, 0.5) is 0 Å². The van der Waals surface area contributed by atoms with Crippen molar-refractivity contribution in [3.63, 3.8) is 0 Å². The van der Waals surface area contributed by atoms with Gasteiger partial charge in [0, 0.05) is 33.0 Å². The molecule has 8 heteroatoms. The van der Waals surface area contributed by atoms with E-state index in [1.54, 1.807) is 13.1 Å². The Morgan fingerprint density at radius 3 is 2.48 bits per heavy atom. The first-order valence-corrected chi connectivity index (χ1v) is 9.99. The summed E-state index contributed by atoms with van der Waals surface area (Å²) in [6.45, 7) is 7.91. The Hall–Kier alpha value is -0.870. The summed E-state index contributed by atoms with van der Waals surface area (Å²) in [7, 11) is -1.46. The highest BCUT2D eigenvalue weighted by Gasteiger charge is 2.10. The standard InChI is InChI=1S/C17H29N3O3S.HI/c1-13(2)23-10-6-9-19-17(18-4)20-12-15-7-8-16(14(3)11-15)24(5,21)22;/h7-8,11,13H,6,9-10,12H2,1-5H3,(H2,18,19,20);1H. The number of halogens is 1. The largest absolute Gasteiger partial charge is 0.379 e. The van der Waals surface area contributed by atoms with Crippen molar-refractivity contribution >= 4 is 39.8 Å². The monoisotopic (exact) mass is 483 g/mol. The molecule has 0 spiro atoms. The molecule has 1 aromatic carbocycles. The van der Waals surface area contributed by atoms with Gasteiger partial charge in [0.1, 0.15) is 0 Å². The lowest BCUT2D eigenvalue weighted by Crippen LogP contribution is -2.37. The second-order valence-corrected chi connectivity index (χ2v) is 7.98. The molecule has 0 aliphatic carbocycles. The van der Waals surface area contributed by atoms with Crippen molar-refractivity contribution < 1.29 is 13.2 Å². The highest BCUT2D eigenvalue weighted by Crippen LogP contribution is 2.16. The van der Waals surface area contributed by atoms with Crippen molar-refractivity contribution in [2.24, 2.45) is 4.99 Å². The van der Waals surface area contributed by atoms with E-state index in [0.717, 1.165) is 24.1 Å². The molecule has 0 aromatic heterocycles. The summed E-state index contributed by atoms with van der Waals surface area (Å²) in [5.74, 6) is 0.712. The first-order chi connectivity index (χ1) is 11.2. The highest BCUT2D eigenvalue weighted by atomic mass is 127. The molecule has 2 N–H and O–H groups in total. The molecule has 0 fully saturated rings. The van der Waals surface area contributed by atoms with Crippen LogP contribution in [0.1, 0.15) is 31.4 Å². The molecule has 0 aliphatic heterocycles. The maximum Gasteiger partial charge on any atom is 0.191 e. The first-order valence-electron chi connectivity index (χ1n) is 8.09. The number of hydrogen-bond donors (Lipinski definition) is 2. The van der Waals surface area contributed by atoms with Crippen LogP contribution in [-0.4, -0.2) is 46.9 Å². The second-order valence-electron chi connectivity index (χ2n) is 6.00. The van der Waals surface area contributed by atoms with E-state index < -0.39 is 9.84 Å². The van der Waals surface area contributed by atoms with Gasteiger partial charge in [-0.1, -0.05) is 12.1 Å². The van der Waals surface area contributed by atoms with E-state index >= 15 is 0 Å². The summed E-state index contributed by atoms with van der Waals surface area (Å²) in [4.78, 5) is 4.55. The van der Waals surface area contributed by atoms with Crippen molar-refractivity contribution in [2.45, 2.75) is 44.7 Å². The molecule has 0 amide bonds. The fraction of sp³-hybridized carbons (Fsp3) is 0.588. The summed E-state index contributed by atoms with van der Waals surface area (Å²) in [5.41, 5.74) is 1.76. The Balaban J connectivity index is 0.00000576. The van der Waals surface area contributed by atoms with Gasteiger partial charge in [-0.3, -0.25) is 4.99 Å². The van der Waals surface area contributed by atoms with Gasteiger partial charge in [-0.05, 0) is 44.4 Å². The zero-order chi connectivity index (χ0) is 18.2. The second kappa shape index (κ2) is 11.7. The van der Waals surface area contributed by atoms with Crippen LogP contribution in [0, 0.1) is 6.92 Å². The lowest BCUT2D eigenvalue weighted by molar-refractivity contribution is 0.0776. The van der Waals surface area contributed by atoms with Crippen LogP contribution in [0.3, 0.4) is 0 Å². The van der Waals surface area contributed by atoms with Gasteiger partial charge in [0.2, 0.25) is 0 Å². The summed E-state index contributed by atoms with van der Waals surface area (Å²) in [6.07, 6.45) is 2.38. The Labute approximate surface area is 168 Å². The number of guanidine groups is 1. The molecule has 0 saturated carbocycles. The van der Waals surface area contributed by atoms with Crippen molar-refractivity contribution in [3.05, 3.63) is 29.3 Å². The van der Waals surface area contributed by atoms with Gasteiger partial charge in [0.25, 0.3) is 0 Å². The normalized spacial score (nSPS) is 12.0. The van der Waals surface area contributed by atoms with Crippen molar-refractivity contribution in [3.8, 4) is 0 Å². The minimum Gasteiger partial charge on any atom is -0.379 e.